The number of aromatic carboxylic acids is 1. The van der Waals surface area contributed by atoms with Crippen LogP contribution in [0, 0.1) is 0 Å². The van der Waals surface area contributed by atoms with E-state index in [1.54, 1.807) is 68.3 Å². The molecule has 0 saturated carbocycles. The number of hydrogen-bond donors (Lipinski definition) is 2. The predicted octanol–water partition coefficient (Wildman–Crippen LogP) is 6.68. The van der Waals surface area contributed by atoms with Crippen molar-refractivity contribution < 1.29 is 23.8 Å². The minimum absolute atomic E-state index is 0.137. The molecule has 2 heterocycles. The van der Waals surface area contributed by atoms with Crippen LogP contribution >= 0.6 is 11.3 Å². The summed E-state index contributed by atoms with van der Waals surface area (Å²) in [5, 5.41) is 12.3. The van der Waals surface area contributed by atoms with E-state index in [1.807, 2.05) is 6.07 Å². The van der Waals surface area contributed by atoms with Gasteiger partial charge in [-0.05, 0) is 42.0 Å². The van der Waals surface area contributed by atoms with Crippen LogP contribution < -0.4 is 14.8 Å². The van der Waals surface area contributed by atoms with Gasteiger partial charge in [0.2, 0.25) is 0 Å². The highest BCUT2D eigenvalue weighted by Gasteiger charge is 2.14. The molecular formula is C28H21FN4O4S. The van der Waals surface area contributed by atoms with Crippen molar-refractivity contribution in [2.24, 2.45) is 0 Å². The summed E-state index contributed by atoms with van der Waals surface area (Å²) in [6, 6.07) is 18.2. The molecule has 3 aromatic carbocycles. The minimum Gasteiger partial charge on any atom is -0.493 e. The van der Waals surface area contributed by atoms with Crippen molar-refractivity contribution in [1.82, 2.24) is 15.0 Å². The Kier molecular flexibility index (Phi) is 6.96. The number of methoxy groups -OCH3 is 2. The Hall–Kier alpha value is -4.83. The first kappa shape index (κ1) is 24.8. The van der Waals surface area contributed by atoms with Crippen LogP contribution in [-0.4, -0.2) is 40.2 Å². The van der Waals surface area contributed by atoms with Gasteiger partial charge in [0.05, 0.1) is 25.3 Å². The molecule has 2 aromatic heterocycles. The Morgan fingerprint density at radius 3 is 2.50 bits per heavy atom. The lowest BCUT2D eigenvalue weighted by Gasteiger charge is -2.12. The van der Waals surface area contributed by atoms with Gasteiger partial charge in [0.15, 0.2) is 23.1 Å². The summed E-state index contributed by atoms with van der Waals surface area (Å²) < 4.78 is 25.8. The fraction of sp³-hybridized carbons (Fsp3) is 0.0714. The van der Waals surface area contributed by atoms with Gasteiger partial charge in [0.1, 0.15) is 16.2 Å². The van der Waals surface area contributed by atoms with Gasteiger partial charge in [-0.25, -0.2) is 24.1 Å². The second-order valence-electron chi connectivity index (χ2n) is 8.10. The van der Waals surface area contributed by atoms with Crippen molar-refractivity contribution >= 4 is 51.1 Å². The zero-order valence-electron chi connectivity index (χ0n) is 20.3. The lowest BCUT2D eigenvalue weighted by Crippen LogP contribution is -2.00. The van der Waals surface area contributed by atoms with Gasteiger partial charge in [-0.3, -0.25) is 0 Å². The van der Waals surface area contributed by atoms with Gasteiger partial charge in [0, 0.05) is 22.9 Å². The average Bonchev–Trinajstić information content (AvgIpc) is 3.42. The van der Waals surface area contributed by atoms with E-state index in [0.29, 0.717) is 50.2 Å². The Balaban J connectivity index is 1.48. The molecule has 8 nitrogen and oxygen atoms in total. The normalized spacial score (nSPS) is 11.4. The number of thiazole rings is 1. The van der Waals surface area contributed by atoms with Crippen molar-refractivity contribution in [1.29, 1.82) is 0 Å². The molecule has 38 heavy (non-hydrogen) atoms. The molecule has 5 aromatic rings. The molecule has 0 unspecified atom stereocenters. The topological polar surface area (TPSA) is 106 Å². The van der Waals surface area contributed by atoms with Crippen LogP contribution in [-0.2, 0) is 0 Å². The first-order valence-corrected chi connectivity index (χ1v) is 12.2. The Bertz CT molecular complexity index is 1670. The number of carboxylic acids is 1. The van der Waals surface area contributed by atoms with E-state index in [4.69, 9.17) is 19.6 Å². The molecule has 0 spiro atoms. The highest BCUT2D eigenvalue weighted by atomic mass is 32.1. The Labute approximate surface area is 221 Å². The molecule has 190 valence electrons. The van der Waals surface area contributed by atoms with E-state index < -0.39 is 11.8 Å². The number of carboxylic acid groups (broad SMARTS) is 1. The number of ether oxygens (including phenoxy) is 2. The molecule has 0 fully saturated rings. The van der Waals surface area contributed by atoms with Gasteiger partial charge >= 0.3 is 5.97 Å². The zero-order valence-corrected chi connectivity index (χ0v) is 21.1. The standard InChI is InChI=1S/C28H21FN4O4S/c1-36-22-11-10-20(14-23(22)37-2)31-26-24-27(38-15-30-24)33-25(32-26)19-5-3-4-18(13-19)21(29)12-16-6-8-17(9-7-16)28(34)35/h3-15H,1-2H3,(H,34,35)(H,31,32,33)/b21-12+. The second kappa shape index (κ2) is 10.7. The molecule has 0 aliphatic carbocycles. The third kappa shape index (κ3) is 5.16. The third-order valence-corrected chi connectivity index (χ3v) is 6.41. The van der Waals surface area contributed by atoms with Crippen LogP contribution in [0.25, 0.3) is 33.6 Å². The smallest absolute Gasteiger partial charge is 0.335 e. The minimum atomic E-state index is -1.04. The van der Waals surface area contributed by atoms with E-state index in [2.05, 4.69) is 15.3 Å². The summed E-state index contributed by atoms with van der Waals surface area (Å²) >= 11 is 1.38. The van der Waals surface area contributed by atoms with Gasteiger partial charge in [0.25, 0.3) is 0 Å². The molecule has 0 radical (unpaired) electrons. The Morgan fingerprint density at radius 1 is 0.974 bits per heavy atom. The first-order chi connectivity index (χ1) is 18.4. The monoisotopic (exact) mass is 528 g/mol. The maximum Gasteiger partial charge on any atom is 0.335 e. The van der Waals surface area contributed by atoms with E-state index in [9.17, 15) is 4.79 Å². The van der Waals surface area contributed by atoms with E-state index >= 15 is 4.39 Å². The molecule has 0 bridgehead atoms. The van der Waals surface area contributed by atoms with E-state index in [0.717, 1.165) is 5.69 Å². The van der Waals surface area contributed by atoms with Crippen molar-refractivity contribution in [3.05, 3.63) is 88.9 Å². The number of benzene rings is 3. The summed E-state index contributed by atoms with van der Waals surface area (Å²) in [6.45, 7) is 0. The van der Waals surface area contributed by atoms with E-state index in [-0.39, 0.29) is 5.56 Å². The van der Waals surface area contributed by atoms with Crippen molar-refractivity contribution in [2.45, 2.75) is 0 Å². The van der Waals surface area contributed by atoms with Crippen LogP contribution in [0.15, 0.2) is 72.2 Å². The molecule has 0 aliphatic heterocycles. The largest absolute Gasteiger partial charge is 0.493 e. The number of fused-ring (bicyclic) bond motifs is 1. The molecule has 5 rings (SSSR count). The van der Waals surface area contributed by atoms with Crippen LogP contribution in [0.4, 0.5) is 15.9 Å². The first-order valence-electron chi connectivity index (χ1n) is 11.4. The molecule has 0 saturated heterocycles. The molecule has 0 atom stereocenters. The summed E-state index contributed by atoms with van der Waals surface area (Å²) in [6.07, 6.45) is 1.35. The van der Waals surface area contributed by atoms with Crippen LogP contribution in [0.2, 0.25) is 0 Å². The number of nitrogens with zero attached hydrogens (tertiary/aromatic N) is 3. The highest BCUT2D eigenvalue weighted by Crippen LogP contribution is 2.34. The lowest BCUT2D eigenvalue weighted by molar-refractivity contribution is 0.0697. The molecule has 10 heteroatoms. The predicted molar refractivity (Wildman–Crippen MR) is 146 cm³/mol. The third-order valence-electron chi connectivity index (χ3n) is 5.69. The number of halogens is 1. The molecule has 0 aliphatic rings. The van der Waals surface area contributed by atoms with Crippen LogP contribution in [0.3, 0.4) is 0 Å². The van der Waals surface area contributed by atoms with Crippen molar-refractivity contribution in [2.75, 3.05) is 19.5 Å². The average molecular weight is 529 g/mol. The number of rotatable bonds is 8. The van der Waals surface area contributed by atoms with Gasteiger partial charge in [-0.1, -0.05) is 30.3 Å². The molecule has 2 N–H and O–H groups in total. The number of anilines is 2. The molecule has 0 amide bonds. The summed E-state index contributed by atoms with van der Waals surface area (Å²) in [7, 11) is 3.14. The maximum absolute atomic E-state index is 15.1. The van der Waals surface area contributed by atoms with Crippen molar-refractivity contribution in [3.8, 4) is 22.9 Å². The number of aromatic nitrogens is 3. The van der Waals surface area contributed by atoms with Gasteiger partial charge < -0.3 is 19.9 Å². The number of hydrogen-bond acceptors (Lipinski definition) is 8. The quantitative estimate of drug-likeness (QED) is 0.215. The van der Waals surface area contributed by atoms with Crippen LogP contribution in [0.1, 0.15) is 21.5 Å². The molecular weight excluding hydrogens is 507 g/mol. The maximum atomic E-state index is 15.1. The van der Waals surface area contributed by atoms with Gasteiger partial charge in [-0.15, -0.1) is 11.3 Å². The highest BCUT2D eigenvalue weighted by molar-refractivity contribution is 7.16. The number of carbonyl (C=O) groups is 1. The fourth-order valence-electron chi connectivity index (χ4n) is 3.79. The SMILES string of the molecule is COc1ccc(Nc2nc(-c3cccc(/C(F)=C\c4ccc(C(=O)O)cc4)c3)nc3scnc23)cc1OC. The fourth-order valence-corrected chi connectivity index (χ4v) is 4.45. The summed E-state index contributed by atoms with van der Waals surface area (Å²) in [4.78, 5) is 25.5. The summed E-state index contributed by atoms with van der Waals surface area (Å²) in [5.41, 5.74) is 4.67. The lowest BCUT2D eigenvalue weighted by atomic mass is 10.1. The second-order valence-corrected chi connectivity index (χ2v) is 8.93. The van der Waals surface area contributed by atoms with E-state index in [1.165, 1.54) is 29.5 Å². The van der Waals surface area contributed by atoms with Gasteiger partial charge in [-0.2, -0.15) is 0 Å². The zero-order chi connectivity index (χ0) is 26.6. The Morgan fingerprint density at radius 2 is 1.76 bits per heavy atom. The summed E-state index contributed by atoms with van der Waals surface area (Å²) in [5.74, 6) is 0.562. The van der Waals surface area contributed by atoms with Crippen LogP contribution in [0.5, 0.6) is 11.5 Å². The number of nitrogens with one attached hydrogen (secondary N) is 1. The van der Waals surface area contributed by atoms with Crippen molar-refractivity contribution in [3.63, 3.8) is 0 Å².